The average molecular weight is 257 g/mol. The Morgan fingerprint density at radius 3 is 2.44 bits per heavy atom. The number of carbonyl (C=O) groups is 2. The number of carboxylic acids is 1. The van der Waals surface area contributed by atoms with Crippen LogP contribution in [0.15, 0.2) is 18.2 Å². The van der Waals surface area contributed by atoms with Crippen LogP contribution in [0.5, 0.6) is 0 Å². The van der Waals surface area contributed by atoms with Crippen molar-refractivity contribution < 1.29 is 27.7 Å². The number of aryl methyl sites for hydroxylation is 2. The number of amides is 1. The van der Waals surface area contributed by atoms with E-state index in [1.807, 2.05) is 0 Å². The van der Waals surface area contributed by atoms with Gasteiger partial charge < -0.3 is 9.84 Å². The molecule has 0 aliphatic rings. The molecule has 0 radical (unpaired) electrons. The molecule has 18 heavy (non-hydrogen) atoms. The number of carbonyl (C=O) groups excluding carboxylic acids is 1. The fraction of sp³-hybridized carbons (Fsp3) is 0.385. The van der Waals surface area contributed by atoms with E-state index in [9.17, 15) is 9.59 Å². The third kappa shape index (κ3) is 3.07. The molecule has 0 unspecified atom stereocenters. The van der Waals surface area contributed by atoms with Crippen molar-refractivity contribution in [2.24, 2.45) is 0 Å². The molecular weight excluding hydrogens is 234 g/mol. The van der Waals surface area contributed by atoms with Crippen molar-refractivity contribution in [2.75, 3.05) is 25.2 Å². The van der Waals surface area contributed by atoms with Gasteiger partial charge in [-0.05, 0) is 24.8 Å². The number of aliphatic carboxylic acids is 1. The molecule has 0 aliphatic heterocycles. The Morgan fingerprint density at radius 2 is 2.00 bits per heavy atom. The number of rotatable bonds is 4. The van der Waals surface area contributed by atoms with Crippen LogP contribution in [0.4, 0.5) is 5.69 Å². The number of hydrogen-bond acceptors (Lipinski definition) is 3. The fourth-order valence-corrected chi connectivity index (χ4v) is 1.45. The molecule has 1 aromatic rings. The molecule has 5 nitrogen and oxygen atoms in total. The molecule has 0 aromatic heterocycles. The normalized spacial score (nSPS) is 16.5. The molecule has 0 saturated carbocycles. The van der Waals surface area contributed by atoms with Gasteiger partial charge in [0.15, 0.2) is 0 Å². The van der Waals surface area contributed by atoms with Crippen LogP contribution >= 0.6 is 0 Å². The molecule has 98 valence electrons. The Balaban J connectivity index is 3.70. The van der Waals surface area contributed by atoms with Gasteiger partial charge in [0.2, 0.25) is 0 Å². The summed E-state index contributed by atoms with van der Waals surface area (Å²) in [4.78, 5) is 23.7. The predicted molar refractivity (Wildman–Crippen MR) is 67.8 cm³/mol. The van der Waals surface area contributed by atoms with E-state index in [4.69, 9.17) is 18.1 Å². The zero-order chi connectivity index (χ0) is 18.7. The van der Waals surface area contributed by atoms with Gasteiger partial charge in [-0.1, -0.05) is 18.2 Å². The highest BCUT2D eigenvalue weighted by molar-refractivity contribution is 6.37. The molecule has 1 aromatic carbocycles. The van der Waals surface area contributed by atoms with Gasteiger partial charge in [0.1, 0.15) is 0 Å². The molecule has 0 saturated heterocycles. The molecule has 0 atom stereocenters. The molecule has 0 heterocycles. The number of hydrogen-bond donors (Lipinski definition) is 1. The van der Waals surface area contributed by atoms with E-state index in [1.165, 1.54) is 13.2 Å². The van der Waals surface area contributed by atoms with Crippen molar-refractivity contribution in [1.82, 2.24) is 0 Å². The maximum Gasteiger partial charge on any atom is 0.394 e. The monoisotopic (exact) mass is 257 g/mol. The predicted octanol–water partition coefficient (Wildman–Crippen LogP) is 1.37. The summed E-state index contributed by atoms with van der Waals surface area (Å²) >= 11 is 0. The molecule has 0 fully saturated rings. The van der Waals surface area contributed by atoms with Crippen LogP contribution in [-0.4, -0.2) is 37.2 Å². The summed E-state index contributed by atoms with van der Waals surface area (Å²) in [5.41, 5.74) is -1.27. The van der Waals surface area contributed by atoms with E-state index in [1.54, 1.807) is 0 Å². The molecular formula is C13H17NO4. The van der Waals surface area contributed by atoms with Crippen molar-refractivity contribution in [1.29, 1.82) is 0 Å². The number of methoxy groups -OCH3 is 1. The number of para-hydroxylation sites is 1. The topological polar surface area (TPSA) is 66.8 Å². The zero-order valence-corrected chi connectivity index (χ0v) is 9.77. The molecule has 0 bridgehead atoms. The van der Waals surface area contributed by atoms with Crippen LogP contribution in [0.3, 0.4) is 0 Å². The van der Waals surface area contributed by atoms with Crippen LogP contribution in [0.2, 0.25) is 0 Å². The maximum atomic E-state index is 12.0. The van der Waals surface area contributed by atoms with Crippen LogP contribution in [0, 0.1) is 13.7 Å². The standard InChI is InChI=1S/C13H17NO4/c1-9-5-4-6-10(2)11(9)14(7-8-18-3)12(15)13(16)17/h4-6H,7-8H2,1-3H3,(H,16,17)/i1D3,2D3. The fourth-order valence-electron chi connectivity index (χ4n) is 1.45. The van der Waals surface area contributed by atoms with Gasteiger partial charge in [-0.25, -0.2) is 4.79 Å². The number of anilines is 1. The molecule has 1 N–H and O–H groups in total. The second-order valence-electron chi connectivity index (χ2n) is 3.46. The lowest BCUT2D eigenvalue weighted by atomic mass is 10.1. The van der Waals surface area contributed by atoms with Gasteiger partial charge in [0.25, 0.3) is 0 Å². The molecule has 0 aliphatic carbocycles. The highest BCUT2D eigenvalue weighted by Gasteiger charge is 2.24. The van der Waals surface area contributed by atoms with Crippen molar-refractivity contribution in [3.05, 3.63) is 29.3 Å². The van der Waals surface area contributed by atoms with Crippen molar-refractivity contribution in [3.8, 4) is 0 Å². The first-order valence-electron chi connectivity index (χ1n) is 8.09. The van der Waals surface area contributed by atoms with E-state index in [0.717, 1.165) is 12.1 Å². The number of ether oxygens (including phenoxy) is 1. The minimum absolute atomic E-state index is 0.102. The summed E-state index contributed by atoms with van der Waals surface area (Å²) in [5.74, 6) is -3.27. The summed E-state index contributed by atoms with van der Waals surface area (Å²) < 4.78 is 50.2. The maximum absolute atomic E-state index is 12.0. The van der Waals surface area contributed by atoms with Gasteiger partial charge in [-0.2, -0.15) is 0 Å². The van der Waals surface area contributed by atoms with E-state index < -0.39 is 42.4 Å². The van der Waals surface area contributed by atoms with E-state index in [-0.39, 0.29) is 13.2 Å². The lowest BCUT2D eigenvalue weighted by Crippen LogP contribution is -2.39. The summed E-state index contributed by atoms with van der Waals surface area (Å²) in [6, 6.07) is 3.53. The summed E-state index contributed by atoms with van der Waals surface area (Å²) in [5, 5.41) is 8.99. The minimum atomic E-state index is -2.74. The summed E-state index contributed by atoms with van der Waals surface area (Å²) in [7, 11) is 1.31. The third-order valence-electron chi connectivity index (χ3n) is 2.25. The Labute approximate surface area is 114 Å². The Kier molecular flexibility index (Phi) is 2.58. The number of benzene rings is 1. The first-order chi connectivity index (χ1) is 10.9. The van der Waals surface area contributed by atoms with Crippen molar-refractivity contribution >= 4 is 17.6 Å². The van der Waals surface area contributed by atoms with Crippen LogP contribution in [-0.2, 0) is 14.3 Å². The van der Waals surface area contributed by atoms with Crippen molar-refractivity contribution in [2.45, 2.75) is 13.7 Å². The van der Waals surface area contributed by atoms with E-state index in [0.29, 0.717) is 4.90 Å². The first kappa shape index (κ1) is 7.53. The highest BCUT2D eigenvalue weighted by Crippen LogP contribution is 2.24. The largest absolute Gasteiger partial charge is 0.474 e. The van der Waals surface area contributed by atoms with E-state index >= 15 is 0 Å². The lowest BCUT2D eigenvalue weighted by Gasteiger charge is -2.24. The minimum Gasteiger partial charge on any atom is -0.474 e. The average Bonchev–Trinajstić information content (AvgIpc) is 2.45. The second kappa shape index (κ2) is 6.16. The summed E-state index contributed by atoms with van der Waals surface area (Å²) in [6.07, 6.45) is 0. The first-order valence-corrected chi connectivity index (χ1v) is 5.09. The Bertz CT molecular complexity index is 594. The van der Waals surface area contributed by atoms with Crippen LogP contribution in [0.1, 0.15) is 19.4 Å². The number of nitrogens with zero attached hydrogens (tertiary/aromatic N) is 1. The Morgan fingerprint density at radius 1 is 1.39 bits per heavy atom. The van der Waals surface area contributed by atoms with Gasteiger partial charge in [0.05, 0.1) is 12.3 Å². The smallest absolute Gasteiger partial charge is 0.394 e. The van der Waals surface area contributed by atoms with Crippen molar-refractivity contribution in [3.63, 3.8) is 0 Å². The lowest BCUT2D eigenvalue weighted by molar-refractivity contribution is -0.148. The van der Waals surface area contributed by atoms with E-state index in [2.05, 4.69) is 0 Å². The molecule has 5 heteroatoms. The quantitative estimate of drug-likeness (QED) is 0.827. The Hall–Kier alpha value is -1.88. The van der Waals surface area contributed by atoms with Gasteiger partial charge in [-0.3, -0.25) is 9.69 Å². The highest BCUT2D eigenvalue weighted by atomic mass is 16.5. The number of carboxylic acid groups (broad SMARTS) is 1. The molecule has 1 amide bonds. The van der Waals surface area contributed by atoms with Gasteiger partial charge in [0, 0.05) is 21.9 Å². The molecule has 0 spiro atoms. The zero-order valence-electron chi connectivity index (χ0n) is 15.8. The van der Waals surface area contributed by atoms with Crippen LogP contribution in [0.25, 0.3) is 0 Å². The van der Waals surface area contributed by atoms with Crippen LogP contribution < -0.4 is 4.90 Å². The SMILES string of the molecule is [2H]C([2H])([2H])c1cccc(C([2H])([2H])[2H])c1N(CCOC)C(=O)C(=O)O. The van der Waals surface area contributed by atoms with Gasteiger partial charge >= 0.3 is 11.9 Å². The second-order valence-corrected chi connectivity index (χ2v) is 3.46. The summed E-state index contributed by atoms with van der Waals surface area (Å²) in [6.45, 7) is -5.88. The molecule has 1 rings (SSSR count). The third-order valence-corrected chi connectivity index (χ3v) is 2.25. The van der Waals surface area contributed by atoms with Gasteiger partial charge in [-0.15, -0.1) is 0 Å².